The lowest BCUT2D eigenvalue weighted by Crippen LogP contribution is -2.47. The molecule has 1 saturated carbocycles. The first-order valence-electron chi connectivity index (χ1n) is 13.4. The lowest BCUT2D eigenvalue weighted by atomic mass is 9.84. The van der Waals surface area contributed by atoms with Crippen LogP contribution in [0.1, 0.15) is 45.4 Å². The number of unbranched alkanes of at least 4 members (excludes halogenated alkanes) is 1. The number of carbonyl (C=O) groups excluding carboxylic acids is 2. The number of anilines is 1. The van der Waals surface area contributed by atoms with Crippen molar-refractivity contribution in [2.45, 2.75) is 45.4 Å². The fraction of sp³-hybridized carbons (Fsp3) is 0.571. The van der Waals surface area contributed by atoms with Crippen LogP contribution in [0.4, 0.5) is 5.82 Å². The molecule has 1 aliphatic heterocycles. The van der Waals surface area contributed by atoms with Crippen molar-refractivity contribution < 1.29 is 19.1 Å². The maximum Gasteiger partial charge on any atom is 0.242 e. The number of methoxy groups -OCH3 is 2. The Kier molecular flexibility index (Phi) is 9.19. The van der Waals surface area contributed by atoms with E-state index in [-0.39, 0.29) is 24.3 Å². The Morgan fingerprint density at radius 1 is 0.973 bits per heavy atom. The monoisotopic (exact) mass is 509 g/mol. The molecule has 1 aromatic carbocycles. The maximum atomic E-state index is 13.2. The third-order valence-corrected chi connectivity index (χ3v) is 7.38. The van der Waals surface area contributed by atoms with Gasteiger partial charge in [0.1, 0.15) is 0 Å². The number of carbonyl (C=O) groups is 2. The van der Waals surface area contributed by atoms with Crippen LogP contribution in [0.15, 0.2) is 30.3 Å². The second-order valence-corrected chi connectivity index (χ2v) is 9.81. The molecule has 0 N–H and O–H groups in total. The van der Waals surface area contributed by atoms with Gasteiger partial charge in [0, 0.05) is 44.2 Å². The van der Waals surface area contributed by atoms with Crippen molar-refractivity contribution in [2.24, 2.45) is 5.92 Å². The summed E-state index contributed by atoms with van der Waals surface area (Å²) in [6.07, 6.45) is 5.81. The summed E-state index contributed by atoms with van der Waals surface area (Å²) in [4.78, 5) is 31.9. The van der Waals surface area contributed by atoms with Crippen LogP contribution < -0.4 is 14.4 Å². The van der Waals surface area contributed by atoms with E-state index in [1.54, 1.807) is 19.1 Å². The molecular weight excluding hydrogens is 470 g/mol. The molecule has 0 unspecified atom stereocenters. The van der Waals surface area contributed by atoms with E-state index in [9.17, 15) is 9.59 Å². The van der Waals surface area contributed by atoms with Gasteiger partial charge < -0.3 is 24.2 Å². The molecule has 9 heteroatoms. The Bertz CT molecular complexity index is 1060. The predicted molar refractivity (Wildman–Crippen MR) is 143 cm³/mol. The molecule has 37 heavy (non-hydrogen) atoms. The standard InChI is InChI=1S/C28H39N5O4/c1-4-5-14-33(28(35)21-8-6-9-21)20-27(34)32-16-7-15-31(17-18-32)26-13-11-23(29-30-26)22-10-12-24(36-2)25(19-22)37-3/h10-13,19,21H,4-9,14-18,20H2,1-3H3. The van der Waals surface area contributed by atoms with Gasteiger partial charge in [-0.1, -0.05) is 19.8 Å². The summed E-state index contributed by atoms with van der Waals surface area (Å²) in [5, 5.41) is 8.92. The second-order valence-electron chi connectivity index (χ2n) is 9.81. The highest BCUT2D eigenvalue weighted by Crippen LogP contribution is 2.32. The molecule has 2 aliphatic rings. The molecule has 2 aromatic rings. The van der Waals surface area contributed by atoms with E-state index in [0.29, 0.717) is 37.7 Å². The molecule has 1 saturated heterocycles. The summed E-state index contributed by atoms with van der Waals surface area (Å²) in [6.45, 7) is 5.74. The number of nitrogens with zero attached hydrogens (tertiary/aromatic N) is 5. The van der Waals surface area contributed by atoms with E-state index >= 15 is 0 Å². The minimum Gasteiger partial charge on any atom is -0.493 e. The highest BCUT2D eigenvalue weighted by atomic mass is 16.5. The summed E-state index contributed by atoms with van der Waals surface area (Å²) in [7, 11) is 3.22. The molecule has 4 rings (SSSR count). The van der Waals surface area contributed by atoms with E-state index in [2.05, 4.69) is 22.0 Å². The zero-order chi connectivity index (χ0) is 26.2. The Balaban J connectivity index is 1.36. The van der Waals surface area contributed by atoms with Crippen molar-refractivity contribution in [2.75, 3.05) is 58.4 Å². The van der Waals surface area contributed by atoms with Gasteiger partial charge in [0.15, 0.2) is 17.3 Å². The highest BCUT2D eigenvalue weighted by molar-refractivity contribution is 5.86. The second kappa shape index (κ2) is 12.7. The SMILES string of the molecule is CCCCN(CC(=O)N1CCCN(c2ccc(-c3ccc(OC)c(OC)c3)nn2)CC1)C(=O)C1CCC1. The van der Waals surface area contributed by atoms with Crippen LogP contribution >= 0.6 is 0 Å². The third-order valence-electron chi connectivity index (χ3n) is 7.38. The first-order valence-corrected chi connectivity index (χ1v) is 13.4. The molecule has 2 fully saturated rings. The number of ether oxygens (including phenoxy) is 2. The molecule has 2 heterocycles. The van der Waals surface area contributed by atoms with Gasteiger partial charge in [-0.05, 0) is 56.0 Å². The van der Waals surface area contributed by atoms with Crippen molar-refractivity contribution >= 4 is 17.6 Å². The summed E-state index contributed by atoms with van der Waals surface area (Å²) in [5.74, 6) is 2.43. The smallest absolute Gasteiger partial charge is 0.242 e. The molecule has 1 aliphatic carbocycles. The molecule has 0 radical (unpaired) electrons. The first-order chi connectivity index (χ1) is 18.0. The summed E-state index contributed by atoms with van der Waals surface area (Å²) in [6, 6.07) is 9.60. The molecule has 0 bridgehead atoms. The molecular formula is C28H39N5O4. The van der Waals surface area contributed by atoms with Gasteiger partial charge in [0.05, 0.1) is 26.5 Å². The quantitative estimate of drug-likeness (QED) is 0.483. The van der Waals surface area contributed by atoms with Gasteiger partial charge in [-0.2, -0.15) is 0 Å². The number of benzene rings is 1. The number of aromatic nitrogens is 2. The van der Waals surface area contributed by atoms with Crippen molar-refractivity contribution in [1.82, 2.24) is 20.0 Å². The largest absolute Gasteiger partial charge is 0.493 e. The van der Waals surface area contributed by atoms with E-state index < -0.39 is 0 Å². The average molecular weight is 510 g/mol. The molecule has 2 amide bonds. The highest BCUT2D eigenvalue weighted by Gasteiger charge is 2.31. The van der Waals surface area contributed by atoms with E-state index in [4.69, 9.17) is 9.47 Å². The van der Waals surface area contributed by atoms with Gasteiger partial charge in [0.2, 0.25) is 11.8 Å². The zero-order valence-corrected chi connectivity index (χ0v) is 22.3. The summed E-state index contributed by atoms with van der Waals surface area (Å²) in [5.41, 5.74) is 1.65. The Hall–Kier alpha value is -3.36. The van der Waals surface area contributed by atoms with Gasteiger partial charge in [0.25, 0.3) is 0 Å². The number of hydrogen-bond acceptors (Lipinski definition) is 7. The van der Waals surface area contributed by atoms with Crippen LogP contribution in [0.3, 0.4) is 0 Å². The van der Waals surface area contributed by atoms with Crippen molar-refractivity contribution in [1.29, 1.82) is 0 Å². The third kappa shape index (κ3) is 6.50. The van der Waals surface area contributed by atoms with E-state index in [1.165, 1.54) is 0 Å². The van der Waals surface area contributed by atoms with Crippen LogP contribution in [0.5, 0.6) is 11.5 Å². The lowest BCUT2D eigenvalue weighted by Gasteiger charge is -2.32. The topological polar surface area (TPSA) is 88.1 Å². The zero-order valence-electron chi connectivity index (χ0n) is 22.3. The fourth-order valence-electron chi connectivity index (χ4n) is 4.83. The van der Waals surface area contributed by atoms with Crippen molar-refractivity contribution in [3.05, 3.63) is 30.3 Å². The minimum atomic E-state index is 0.0421. The van der Waals surface area contributed by atoms with Gasteiger partial charge in [-0.3, -0.25) is 9.59 Å². The molecule has 0 atom stereocenters. The number of rotatable bonds is 10. The van der Waals surface area contributed by atoms with E-state index in [1.807, 2.05) is 35.2 Å². The first kappa shape index (κ1) is 26.7. The van der Waals surface area contributed by atoms with Gasteiger partial charge in [-0.25, -0.2) is 0 Å². The van der Waals surface area contributed by atoms with Gasteiger partial charge in [-0.15, -0.1) is 10.2 Å². The van der Waals surface area contributed by atoms with Crippen LogP contribution in [0, 0.1) is 5.92 Å². The van der Waals surface area contributed by atoms with Crippen LogP contribution in [-0.4, -0.2) is 85.3 Å². The Morgan fingerprint density at radius 3 is 2.43 bits per heavy atom. The average Bonchev–Trinajstić information content (AvgIpc) is 3.16. The Morgan fingerprint density at radius 2 is 1.78 bits per heavy atom. The fourth-order valence-corrected chi connectivity index (χ4v) is 4.83. The van der Waals surface area contributed by atoms with Crippen LogP contribution in [0.2, 0.25) is 0 Å². The van der Waals surface area contributed by atoms with Crippen LogP contribution in [0.25, 0.3) is 11.3 Å². The lowest BCUT2D eigenvalue weighted by molar-refractivity contribution is -0.144. The molecule has 0 spiro atoms. The maximum absolute atomic E-state index is 13.2. The van der Waals surface area contributed by atoms with Gasteiger partial charge >= 0.3 is 0 Å². The van der Waals surface area contributed by atoms with Crippen molar-refractivity contribution in [3.8, 4) is 22.8 Å². The number of hydrogen-bond donors (Lipinski definition) is 0. The molecule has 9 nitrogen and oxygen atoms in total. The van der Waals surface area contributed by atoms with E-state index in [0.717, 1.165) is 62.1 Å². The van der Waals surface area contributed by atoms with Crippen molar-refractivity contribution in [3.63, 3.8) is 0 Å². The van der Waals surface area contributed by atoms with Crippen LogP contribution in [-0.2, 0) is 9.59 Å². The molecule has 1 aromatic heterocycles. The predicted octanol–water partition coefficient (Wildman–Crippen LogP) is 3.63. The summed E-state index contributed by atoms with van der Waals surface area (Å²) < 4.78 is 10.7. The minimum absolute atomic E-state index is 0.0421. The number of amides is 2. The summed E-state index contributed by atoms with van der Waals surface area (Å²) >= 11 is 0. The Labute approximate surface area is 219 Å². The normalized spacial score (nSPS) is 16.1. The molecule has 200 valence electrons.